The fourth-order valence-electron chi connectivity index (χ4n) is 3.43. The van der Waals surface area contributed by atoms with Gasteiger partial charge in [0.15, 0.2) is 11.7 Å². The van der Waals surface area contributed by atoms with Crippen LogP contribution in [0.25, 0.3) is 0 Å². The van der Waals surface area contributed by atoms with Crippen LogP contribution in [0.5, 0.6) is 0 Å². The molecule has 3 heterocycles. The van der Waals surface area contributed by atoms with Crippen LogP contribution in [0.3, 0.4) is 0 Å². The summed E-state index contributed by atoms with van der Waals surface area (Å²) < 4.78 is 81.6. The summed E-state index contributed by atoms with van der Waals surface area (Å²) in [7, 11) is 0. The SMILES string of the molecule is O=C(Nc1ccccc1C(F)(F)F)c1nn2c(c1Br)N[C@H](c1cccs1)C[C@H]2C(F)(F)F. The van der Waals surface area contributed by atoms with Gasteiger partial charge in [-0.1, -0.05) is 18.2 Å². The lowest BCUT2D eigenvalue weighted by molar-refractivity contribution is -0.173. The van der Waals surface area contributed by atoms with Crippen LogP contribution in [0.15, 0.2) is 46.3 Å². The molecule has 0 fully saturated rings. The van der Waals surface area contributed by atoms with Gasteiger partial charge in [-0.2, -0.15) is 31.4 Å². The highest BCUT2D eigenvalue weighted by molar-refractivity contribution is 9.10. The summed E-state index contributed by atoms with van der Waals surface area (Å²) in [5.74, 6) is -1.16. The van der Waals surface area contributed by atoms with Crippen molar-refractivity contribution in [2.45, 2.75) is 30.9 Å². The molecule has 0 spiro atoms. The summed E-state index contributed by atoms with van der Waals surface area (Å²) in [6.07, 6.45) is -9.75. The topological polar surface area (TPSA) is 59.0 Å². The number of benzene rings is 1. The number of halogens is 7. The summed E-state index contributed by atoms with van der Waals surface area (Å²) in [4.78, 5) is 13.4. The number of rotatable bonds is 3. The molecule has 0 radical (unpaired) electrons. The quantitative estimate of drug-likeness (QED) is 0.367. The van der Waals surface area contributed by atoms with Crippen molar-refractivity contribution in [2.75, 3.05) is 10.6 Å². The molecular weight excluding hydrogens is 526 g/mol. The zero-order chi connectivity index (χ0) is 23.3. The fraction of sp³-hybridized carbons (Fsp3) is 0.263. The average Bonchev–Trinajstić information content (AvgIpc) is 3.35. The van der Waals surface area contributed by atoms with Crippen molar-refractivity contribution in [3.63, 3.8) is 0 Å². The second-order valence-electron chi connectivity index (χ2n) is 6.96. The maximum absolute atomic E-state index is 13.8. The Hall–Kier alpha value is -2.54. The Morgan fingerprint density at radius 3 is 2.50 bits per heavy atom. The van der Waals surface area contributed by atoms with E-state index >= 15 is 0 Å². The van der Waals surface area contributed by atoms with Gasteiger partial charge in [-0.3, -0.25) is 4.79 Å². The van der Waals surface area contributed by atoms with Crippen LogP contribution in [0, 0.1) is 0 Å². The standard InChI is InChI=1S/C19H13BrF6N4OS/c20-14-15(17(31)28-10-5-2-1-4-9(10)18(21,22)23)29-30-13(19(24,25)26)8-11(27-16(14)30)12-6-3-7-32-12/h1-7,11,13,27H,8H2,(H,28,31)/t11-,13-/m0/s1. The smallest absolute Gasteiger partial charge is 0.362 e. The summed E-state index contributed by atoms with van der Waals surface area (Å²) in [6, 6.07) is 5.00. The number of para-hydroxylation sites is 1. The van der Waals surface area contributed by atoms with Crippen molar-refractivity contribution in [1.82, 2.24) is 9.78 Å². The number of thiophene rings is 1. The van der Waals surface area contributed by atoms with E-state index in [1.807, 2.05) is 0 Å². The van der Waals surface area contributed by atoms with E-state index in [0.29, 0.717) is 9.56 Å². The van der Waals surface area contributed by atoms with Crippen LogP contribution >= 0.6 is 27.3 Å². The fourth-order valence-corrected chi connectivity index (χ4v) is 4.78. The van der Waals surface area contributed by atoms with E-state index in [0.717, 1.165) is 18.2 Å². The molecule has 0 unspecified atom stereocenters. The number of anilines is 2. The van der Waals surface area contributed by atoms with Gasteiger partial charge in [0.25, 0.3) is 5.91 Å². The first-order valence-corrected chi connectivity index (χ1v) is 10.8. The van der Waals surface area contributed by atoms with E-state index in [1.165, 1.54) is 17.4 Å². The van der Waals surface area contributed by atoms with Gasteiger partial charge in [-0.05, 0) is 39.5 Å². The number of hydrogen-bond donors (Lipinski definition) is 2. The Bertz CT molecular complexity index is 1140. The van der Waals surface area contributed by atoms with Gasteiger partial charge < -0.3 is 10.6 Å². The number of fused-ring (bicyclic) bond motifs is 1. The maximum Gasteiger partial charge on any atom is 0.418 e. The average molecular weight is 539 g/mol. The van der Waals surface area contributed by atoms with Gasteiger partial charge in [0, 0.05) is 11.3 Å². The van der Waals surface area contributed by atoms with Crippen LogP contribution < -0.4 is 10.6 Å². The minimum Gasteiger partial charge on any atom is -0.362 e. The summed E-state index contributed by atoms with van der Waals surface area (Å²) in [6.45, 7) is 0. The molecule has 2 N–H and O–H groups in total. The number of nitrogens with one attached hydrogen (secondary N) is 2. The number of amides is 1. The van der Waals surface area contributed by atoms with Crippen molar-refractivity contribution in [3.8, 4) is 0 Å². The first kappa shape index (κ1) is 22.6. The third-order valence-corrected chi connectivity index (χ3v) is 6.62. The molecule has 1 aliphatic heterocycles. The number of carbonyl (C=O) groups excluding carboxylic acids is 1. The molecule has 32 heavy (non-hydrogen) atoms. The zero-order valence-corrected chi connectivity index (χ0v) is 18.2. The maximum atomic E-state index is 13.8. The minimum absolute atomic E-state index is 0.0741. The lowest BCUT2D eigenvalue weighted by Crippen LogP contribution is -2.35. The van der Waals surface area contributed by atoms with Gasteiger partial charge >= 0.3 is 12.4 Å². The lowest BCUT2D eigenvalue weighted by atomic mass is 10.0. The van der Waals surface area contributed by atoms with Gasteiger partial charge in [-0.25, -0.2) is 4.68 Å². The largest absolute Gasteiger partial charge is 0.418 e. The number of aromatic nitrogens is 2. The molecular formula is C19H13BrF6N4OS. The number of hydrogen-bond acceptors (Lipinski definition) is 4. The van der Waals surface area contributed by atoms with Crippen molar-refractivity contribution in [2.24, 2.45) is 0 Å². The molecule has 2 aromatic heterocycles. The molecule has 4 rings (SSSR count). The van der Waals surface area contributed by atoms with E-state index < -0.39 is 47.3 Å². The molecule has 3 aromatic rings. The highest BCUT2D eigenvalue weighted by Crippen LogP contribution is 2.47. The predicted octanol–water partition coefficient (Wildman–Crippen LogP) is 6.64. The number of alkyl halides is 6. The van der Waals surface area contributed by atoms with Crippen molar-refractivity contribution >= 4 is 44.7 Å². The molecule has 13 heteroatoms. The summed E-state index contributed by atoms with van der Waals surface area (Å²) in [5, 5.41) is 10.6. The molecule has 1 aromatic carbocycles. The molecule has 0 aliphatic carbocycles. The van der Waals surface area contributed by atoms with E-state index in [9.17, 15) is 31.1 Å². The highest BCUT2D eigenvalue weighted by atomic mass is 79.9. The van der Waals surface area contributed by atoms with Crippen LogP contribution in [-0.2, 0) is 6.18 Å². The lowest BCUT2D eigenvalue weighted by Gasteiger charge is -2.33. The molecule has 0 bridgehead atoms. The van der Waals surface area contributed by atoms with E-state index in [-0.39, 0.29) is 16.7 Å². The molecule has 0 saturated heterocycles. The van der Waals surface area contributed by atoms with E-state index in [4.69, 9.17) is 0 Å². The van der Waals surface area contributed by atoms with Crippen LogP contribution in [-0.4, -0.2) is 21.9 Å². The first-order chi connectivity index (χ1) is 15.0. The van der Waals surface area contributed by atoms with E-state index in [2.05, 4.69) is 31.7 Å². The van der Waals surface area contributed by atoms with E-state index in [1.54, 1.807) is 17.5 Å². The Kier molecular flexibility index (Phi) is 5.74. The second kappa shape index (κ2) is 8.10. The van der Waals surface area contributed by atoms with Gasteiger partial charge in [-0.15, -0.1) is 11.3 Å². The van der Waals surface area contributed by atoms with Crippen LogP contribution in [0.4, 0.5) is 37.8 Å². The Balaban J connectivity index is 1.71. The zero-order valence-electron chi connectivity index (χ0n) is 15.8. The Morgan fingerprint density at radius 2 is 1.88 bits per heavy atom. The highest BCUT2D eigenvalue weighted by Gasteiger charge is 2.48. The monoisotopic (exact) mass is 538 g/mol. The molecule has 170 valence electrons. The second-order valence-corrected chi connectivity index (χ2v) is 8.73. The first-order valence-electron chi connectivity index (χ1n) is 9.09. The molecule has 0 saturated carbocycles. The van der Waals surface area contributed by atoms with Gasteiger partial charge in [0.05, 0.1) is 21.8 Å². The van der Waals surface area contributed by atoms with Crippen LogP contribution in [0.2, 0.25) is 0 Å². The Morgan fingerprint density at radius 1 is 1.16 bits per heavy atom. The number of carbonyl (C=O) groups is 1. The van der Waals surface area contributed by atoms with Gasteiger partial charge in [0.1, 0.15) is 5.82 Å². The van der Waals surface area contributed by atoms with Crippen LogP contribution in [0.1, 0.15) is 39.4 Å². The molecule has 1 aliphatic rings. The third kappa shape index (κ3) is 4.22. The van der Waals surface area contributed by atoms with Crippen molar-refractivity contribution < 1.29 is 31.1 Å². The Labute approximate surface area is 189 Å². The summed E-state index contributed by atoms with van der Waals surface area (Å²) >= 11 is 4.38. The van der Waals surface area contributed by atoms with Gasteiger partial charge in [0.2, 0.25) is 0 Å². The predicted molar refractivity (Wildman–Crippen MR) is 110 cm³/mol. The van der Waals surface area contributed by atoms with Crippen molar-refractivity contribution in [3.05, 3.63) is 62.4 Å². The summed E-state index contributed by atoms with van der Waals surface area (Å²) in [5.41, 5.74) is -2.08. The third-order valence-electron chi connectivity index (χ3n) is 4.88. The minimum atomic E-state index is -4.73. The molecule has 2 atom stereocenters. The number of nitrogens with zero attached hydrogens (tertiary/aromatic N) is 2. The van der Waals surface area contributed by atoms with Crippen molar-refractivity contribution in [1.29, 1.82) is 0 Å². The molecule has 1 amide bonds. The molecule has 5 nitrogen and oxygen atoms in total. The normalized spacial score (nSPS) is 18.7.